The second-order valence-electron chi connectivity index (χ2n) is 7.74. The Bertz CT molecular complexity index is 1010. The molecule has 4 rings (SSSR count). The number of tetrazole rings is 1. The van der Waals surface area contributed by atoms with Crippen LogP contribution in [0.1, 0.15) is 34.6 Å². The summed E-state index contributed by atoms with van der Waals surface area (Å²) in [5.74, 6) is 0.713. The number of rotatable bonds is 5. The van der Waals surface area contributed by atoms with Gasteiger partial charge in [-0.2, -0.15) is 4.68 Å². The van der Waals surface area contributed by atoms with Gasteiger partial charge in [0, 0.05) is 23.2 Å². The molecule has 0 aliphatic carbocycles. The lowest BCUT2D eigenvalue weighted by Crippen LogP contribution is -2.46. The van der Waals surface area contributed by atoms with Gasteiger partial charge in [0.15, 0.2) is 5.82 Å². The van der Waals surface area contributed by atoms with Crippen LogP contribution in [0.2, 0.25) is 5.02 Å². The van der Waals surface area contributed by atoms with E-state index in [9.17, 15) is 4.79 Å². The lowest BCUT2D eigenvalue weighted by Gasteiger charge is -2.37. The number of nitrogens with zero attached hydrogens (tertiary/aromatic N) is 6. The monoisotopic (exact) mass is 424 g/mol. The maximum absolute atomic E-state index is 13.5. The summed E-state index contributed by atoms with van der Waals surface area (Å²) in [5.41, 5.74) is 2.44. The average Bonchev–Trinajstić information content (AvgIpc) is 3.19. The number of carbonyl (C=O) groups is 1. The third kappa shape index (κ3) is 4.37. The molecule has 7 nitrogen and oxygen atoms in total. The maximum atomic E-state index is 13.5. The molecule has 0 radical (unpaired) electrons. The van der Waals surface area contributed by atoms with Crippen molar-refractivity contribution < 1.29 is 4.79 Å². The van der Waals surface area contributed by atoms with Crippen molar-refractivity contribution in [2.45, 2.75) is 32.4 Å². The van der Waals surface area contributed by atoms with Gasteiger partial charge in [-0.05, 0) is 86.2 Å². The number of aromatic nitrogens is 4. The van der Waals surface area contributed by atoms with Crippen LogP contribution in [0.5, 0.6) is 0 Å². The van der Waals surface area contributed by atoms with E-state index in [2.05, 4.69) is 27.5 Å². The molecule has 1 saturated heterocycles. The molecule has 0 bridgehead atoms. The van der Waals surface area contributed by atoms with Gasteiger partial charge in [0.2, 0.25) is 0 Å². The second kappa shape index (κ2) is 8.93. The van der Waals surface area contributed by atoms with E-state index in [0.717, 1.165) is 37.2 Å². The van der Waals surface area contributed by atoms with E-state index in [1.165, 1.54) is 0 Å². The second-order valence-corrected chi connectivity index (χ2v) is 8.15. The first-order chi connectivity index (χ1) is 14.5. The Morgan fingerprint density at radius 3 is 2.47 bits per heavy atom. The molecule has 8 heteroatoms. The molecule has 1 aliphatic heterocycles. The molecule has 0 N–H and O–H groups in total. The van der Waals surface area contributed by atoms with E-state index < -0.39 is 0 Å². The SMILES string of the molecule is Cc1nnnn1-c1ccc(C(=O)N(Cc2ccccc2Cl)C2CCN(C)CC2)cc1. The van der Waals surface area contributed by atoms with Crippen molar-refractivity contribution >= 4 is 17.5 Å². The lowest BCUT2D eigenvalue weighted by atomic mass is 10.0. The summed E-state index contributed by atoms with van der Waals surface area (Å²) in [6.45, 7) is 4.30. The third-order valence-electron chi connectivity index (χ3n) is 5.67. The van der Waals surface area contributed by atoms with Crippen molar-refractivity contribution in [1.29, 1.82) is 0 Å². The fourth-order valence-corrected chi connectivity index (χ4v) is 4.06. The van der Waals surface area contributed by atoms with Crippen LogP contribution < -0.4 is 0 Å². The Balaban J connectivity index is 1.60. The van der Waals surface area contributed by atoms with Crippen molar-refractivity contribution in [3.63, 3.8) is 0 Å². The van der Waals surface area contributed by atoms with Gasteiger partial charge in [0.05, 0.1) is 5.69 Å². The molecule has 0 unspecified atom stereocenters. The van der Waals surface area contributed by atoms with Crippen LogP contribution in [0.4, 0.5) is 0 Å². The van der Waals surface area contributed by atoms with Crippen LogP contribution in [-0.4, -0.2) is 62.1 Å². The van der Waals surface area contributed by atoms with E-state index in [1.54, 1.807) is 4.68 Å². The smallest absolute Gasteiger partial charge is 0.254 e. The van der Waals surface area contributed by atoms with E-state index in [1.807, 2.05) is 60.4 Å². The summed E-state index contributed by atoms with van der Waals surface area (Å²) in [6, 6.07) is 15.3. The molecular formula is C22H25ClN6O. The van der Waals surface area contributed by atoms with Crippen LogP contribution >= 0.6 is 11.6 Å². The number of hydrogen-bond donors (Lipinski definition) is 0. The number of amides is 1. The molecule has 1 aromatic heterocycles. The van der Waals surface area contributed by atoms with Crippen molar-refractivity contribution in [3.8, 4) is 5.69 Å². The van der Waals surface area contributed by atoms with Crippen molar-refractivity contribution in [3.05, 3.63) is 70.5 Å². The fourth-order valence-electron chi connectivity index (χ4n) is 3.86. The van der Waals surface area contributed by atoms with Crippen LogP contribution in [0, 0.1) is 6.92 Å². The highest BCUT2D eigenvalue weighted by Gasteiger charge is 2.28. The predicted molar refractivity (Wildman–Crippen MR) is 116 cm³/mol. The maximum Gasteiger partial charge on any atom is 0.254 e. The normalized spacial score (nSPS) is 15.3. The lowest BCUT2D eigenvalue weighted by molar-refractivity contribution is 0.0569. The number of carbonyl (C=O) groups excluding carboxylic acids is 1. The largest absolute Gasteiger partial charge is 0.331 e. The number of hydrogen-bond acceptors (Lipinski definition) is 5. The molecule has 156 valence electrons. The number of aryl methyl sites for hydroxylation is 1. The highest BCUT2D eigenvalue weighted by molar-refractivity contribution is 6.31. The molecule has 2 heterocycles. The molecule has 30 heavy (non-hydrogen) atoms. The van der Waals surface area contributed by atoms with Gasteiger partial charge in [-0.3, -0.25) is 4.79 Å². The van der Waals surface area contributed by atoms with Crippen molar-refractivity contribution in [2.24, 2.45) is 0 Å². The summed E-state index contributed by atoms with van der Waals surface area (Å²) in [4.78, 5) is 17.8. The molecule has 2 aromatic carbocycles. The minimum Gasteiger partial charge on any atom is -0.331 e. The van der Waals surface area contributed by atoms with Gasteiger partial charge < -0.3 is 9.80 Å². The Kier molecular flexibility index (Phi) is 6.11. The molecule has 1 amide bonds. The number of piperidine rings is 1. The molecule has 0 spiro atoms. The first-order valence-corrected chi connectivity index (χ1v) is 10.5. The van der Waals surface area contributed by atoms with Crippen molar-refractivity contribution in [1.82, 2.24) is 30.0 Å². The third-order valence-corrected chi connectivity index (χ3v) is 6.04. The van der Waals surface area contributed by atoms with Gasteiger partial charge in [-0.15, -0.1) is 5.10 Å². The summed E-state index contributed by atoms with van der Waals surface area (Å²) in [5, 5.41) is 12.3. The zero-order chi connectivity index (χ0) is 21.1. The van der Waals surface area contributed by atoms with Crippen molar-refractivity contribution in [2.75, 3.05) is 20.1 Å². The molecule has 1 fully saturated rings. The average molecular weight is 425 g/mol. The fraction of sp³-hybridized carbons (Fsp3) is 0.364. The molecular weight excluding hydrogens is 400 g/mol. The zero-order valence-corrected chi connectivity index (χ0v) is 18.0. The highest BCUT2D eigenvalue weighted by Crippen LogP contribution is 2.24. The quantitative estimate of drug-likeness (QED) is 0.628. The molecule has 0 saturated carbocycles. The van der Waals surface area contributed by atoms with Gasteiger partial charge >= 0.3 is 0 Å². The van der Waals surface area contributed by atoms with Crippen LogP contribution in [0.3, 0.4) is 0 Å². The minimum atomic E-state index is 0.0180. The van der Waals surface area contributed by atoms with Gasteiger partial charge in [-0.1, -0.05) is 29.8 Å². The molecule has 3 aromatic rings. The standard InChI is InChI=1S/C22H25ClN6O/c1-16-24-25-26-29(16)20-9-7-17(8-10-20)22(30)28(19-11-13-27(2)14-12-19)15-18-5-3-4-6-21(18)23/h3-10,19H,11-15H2,1-2H3. The number of benzene rings is 2. The van der Waals surface area contributed by atoms with Crippen LogP contribution in [-0.2, 0) is 6.54 Å². The van der Waals surface area contributed by atoms with Gasteiger partial charge in [0.1, 0.15) is 0 Å². The van der Waals surface area contributed by atoms with Gasteiger partial charge in [0.25, 0.3) is 5.91 Å². The Hall–Kier alpha value is -2.77. The number of likely N-dealkylation sites (tertiary alicyclic amines) is 1. The van der Waals surface area contributed by atoms with E-state index >= 15 is 0 Å². The summed E-state index contributed by atoms with van der Waals surface area (Å²) in [7, 11) is 2.12. The zero-order valence-electron chi connectivity index (χ0n) is 17.2. The van der Waals surface area contributed by atoms with E-state index in [0.29, 0.717) is 23.0 Å². The molecule has 1 aliphatic rings. The van der Waals surface area contributed by atoms with Crippen LogP contribution in [0.25, 0.3) is 5.69 Å². The molecule has 0 atom stereocenters. The Morgan fingerprint density at radius 2 is 1.83 bits per heavy atom. The summed E-state index contributed by atoms with van der Waals surface area (Å²) in [6.07, 6.45) is 1.91. The topological polar surface area (TPSA) is 67.2 Å². The van der Waals surface area contributed by atoms with E-state index in [-0.39, 0.29) is 11.9 Å². The first-order valence-electron chi connectivity index (χ1n) is 10.1. The predicted octanol–water partition coefficient (Wildman–Crippen LogP) is 3.36. The highest BCUT2D eigenvalue weighted by atomic mass is 35.5. The van der Waals surface area contributed by atoms with E-state index in [4.69, 9.17) is 11.6 Å². The summed E-state index contributed by atoms with van der Waals surface area (Å²) >= 11 is 6.41. The summed E-state index contributed by atoms with van der Waals surface area (Å²) < 4.78 is 1.65. The Morgan fingerprint density at radius 1 is 1.13 bits per heavy atom. The minimum absolute atomic E-state index is 0.0180. The Labute approximate surface area is 181 Å². The van der Waals surface area contributed by atoms with Gasteiger partial charge in [-0.25, -0.2) is 0 Å². The number of halogens is 1. The first kappa shape index (κ1) is 20.5. The van der Waals surface area contributed by atoms with Crippen LogP contribution in [0.15, 0.2) is 48.5 Å².